The van der Waals surface area contributed by atoms with E-state index in [9.17, 15) is 13.2 Å². The fourth-order valence-electron chi connectivity index (χ4n) is 2.10. The molecule has 1 aromatic carbocycles. The van der Waals surface area contributed by atoms with Gasteiger partial charge >= 0.3 is 5.97 Å². The molecule has 3 rings (SSSR count). The average molecular weight is 390 g/mol. The Hall–Kier alpha value is -1.41. The lowest BCUT2D eigenvalue weighted by molar-refractivity contribution is 0.0516. The predicted octanol–water partition coefficient (Wildman–Crippen LogP) is 3.79. The van der Waals surface area contributed by atoms with Gasteiger partial charge in [-0.05, 0) is 29.6 Å². The van der Waals surface area contributed by atoms with E-state index >= 15 is 0 Å². The lowest BCUT2D eigenvalue weighted by Gasteiger charge is -2.13. The molecule has 1 aliphatic rings. The quantitative estimate of drug-likeness (QED) is 0.578. The molecular weight excluding hydrogens is 381 g/mol. The first-order valence-corrected chi connectivity index (χ1v) is 9.71. The summed E-state index contributed by atoms with van der Waals surface area (Å²) in [4.78, 5) is 16.9. The van der Waals surface area contributed by atoms with Gasteiger partial charge in [-0.2, -0.15) is 0 Å². The summed E-state index contributed by atoms with van der Waals surface area (Å²) in [6.07, 6.45) is 0.188. The molecule has 0 saturated heterocycles. The zero-order valence-corrected chi connectivity index (χ0v) is 14.6. The van der Waals surface area contributed by atoms with Crippen molar-refractivity contribution in [1.82, 2.24) is 0 Å². The lowest BCUT2D eigenvalue weighted by atomic mass is 10.1. The van der Waals surface area contributed by atoms with Crippen LogP contribution < -0.4 is 0 Å². The monoisotopic (exact) mass is 389 g/mol. The summed E-state index contributed by atoms with van der Waals surface area (Å²) in [5, 5.41) is 6.05. The maximum atomic E-state index is 12.0. The van der Waals surface area contributed by atoms with Gasteiger partial charge in [0.25, 0.3) is 0 Å². The van der Waals surface area contributed by atoms with Crippen LogP contribution >= 0.6 is 34.5 Å². The summed E-state index contributed by atoms with van der Waals surface area (Å²) in [5.74, 6) is -0.789. The summed E-state index contributed by atoms with van der Waals surface area (Å²) in [6.45, 7) is 0. The number of nitrogens with zero attached hydrogens (tertiary/aromatic N) is 1. The Labute approximate surface area is 146 Å². The van der Waals surface area contributed by atoms with Crippen LogP contribution in [-0.4, -0.2) is 25.9 Å². The van der Waals surface area contributed by atoms with Crippen LogP contribution in [0.4, 0.5) is 0 Å². The number of hydrogen-bond acceptors (Lipinski definition) is 6. The Bertz CT molecular complexity index is 919. The van der Waals surface area contributed by atoms with Crippen LogP contribution in [-0.2, 0) is 14.7 Å². The molecule has 0 fully saturated rings. The Morgan fingerprint density at radius 3 is 2.78 bits per heavy atom. The number of fused-ring (bicyclic) bond motifs is 1. The van der Waals surface area contributed by atoms with E-state index in [1.165, 1.54) is 18.2 Å². The molecule has 0 amide bonds. The number of halogens is 2. The van der Waals surface area contributed by atoms with Gasteiger partial charge in [0.05, 0.1) is 22.1 Å². The Morgan fingerprint density at radius 1 is 1.26 bits per heavy atom. The molecule has 120 valence electrons. The predicted molar refractivity (Wildman–Crippen MR) is 89.4 cm³/mol. The Balaban J connectivity index is 1.85. The van der Waals surface area contributed by atoms with Gasteiger partial charge in [-0.15, -0.1) is 11.3 Å². The standard InChI is InChI=1S/C14H9Cl2NO4S2/c15-8-1-2-9(11(16)7-8)13(18)21-17-12-4-6-23(19,20)14-10(12)3-5-22-14/h1-3,5,7H,4,6H2/b17-12-. The second-order valence-electron chi connectivity index (χ2n) is 4.73. The van der Waals surface area contributed by atoms with Crippen LogP contribution in [0.25, 0.3) is 0 Å². The van der Waals surface area contributed by atoms with Crippen molar-refractivity contribution >= 4 is 56.1 Å². The molecular formula is C14H9Cl2NO4S2. The van der Waals surface area contributed by atoms with Gasteiger partial charge < -0.3 is 4.84 Å². The maximum absolute atomic E-state index is 12.0. The summed E-state index contributed by atoms with van der Waals surface area (Å²) >= 11 is 12.8. The van der Waals surface area contributed by atoms with Gasteiger partial charge in [-0.25, -0.2) is 13.2 Å². The number of sulfone groups is 1. The van der Waals surface area contributed by atoms with Crippen molar-refractivity contribution in [1.29, 1.82) is 0 Å². The molecule has 0 aliphatic carbocycles. The van der Waals surface area contributed by atoms with E-state index in [4.69, 9.17) is 28.0 Å². The van der Waals surface area contributed by atoms with Crippen LogP contribution in [0.15, 0.2) is 39.0 Å². The Morgan fingerprint density at radius 2 is 2.04 bits per heavy atom. The second-order valence-corrected chi connectivity index (χ2v) is 8.80. The number of carbonyl (C=O) groups excluding carboxylic acids is 1. The van der Waals surface area contributed by atoms with Crippen molar-refractivity contribution in [2.24, 2.45) is 5.16 Å². The molecule has 2 heterocycles. The highest BCUT2D eigenvalue weighted by molar-refractivity contribution is 7.93. The molecule has 1 aliphatic heterocycles. The van der Waals surface area contributed by atoms with Crippen LogP contribution in [0, 0.1) is 0 Å². The highest BCUT2D eigenvalue weighted by atomic mass is 35.5. The van der Waals surface area contributed by atoms with Crippen LogP contribution in [0.2, 0.25) is 10.0 Å². The number of oxime groups is 1. The van der Waals surface area contributed by atoms with Gasteiger partial charge in [0, 0.05) is 17.0 Å². The van der Waals surface area contributed by atoms with Gasteiger partial charge in [-0.3, -0.25) is 0 Å². The van der Waals surface area contributed by atoms with Gasteiger partial charge in [0.1, 0.15) is 4.21 Å². The summed E-state index contributed by atoms with van der Waals surface area (Å²) in [5.41, 5.74) is 1.04. The third kappa shape index (κ3) is 3.28. The maximum Gasteiger partial charge on any atom is 0.367 e. The Kier molecular flexibility index (Phi) is 4.46. The van der Waals surface area contributed by atoms with Gasteiger partial charge in [0.2, 0.25) is 0 Å². The van der Waals surface area contributed by atoms with Gasteiger partial charge in [-0.1, -0.05) is 28.4 Å². The van der Waals surface area contributed by atoms with E-state index in [2.05, 4.69) is 5.16 Å². The van der Waals surface area contributed by atoms with E-state index in [0.717, 1.165) is 11.3 Å². The second kappa shape index (κ2) is 6.24. The molecule has 0 N–H and O–H groups in total. The molecule has 0 unspecified atom stereocenters. The highest BCUT2D eigenvalue weighted by Crippen LogP contribution is 2.30. The van der Waals surface area contributed by atoms with E-state index in [-0.39, 0.29) is 27.0 Å². The minimum atomic E-state index is -3.27. The third-order valence-electron chi connectivity index (χ3n) is 3.22. The zero-order chi connectivity index (χ0) is 16.6. The first-order chi connectivity index (χ1) is 10.9. The van der Waals surface area contributed by atoms with E-state index < -0.39 is 15.8 Å². The SMILES string of the molecule is O=C(O/N=C1/CCS(=O)(=O)c2sccc21)c1ccc(Cl)cc1Cl. The number of hydrogen-bond donors (Lipinski definition) is 0. The van der Waals surface area contributed by atoms with Crippen molar-refractivity contribution in [2.45, 2.75) is 10.6 Å². The molecule has 9 heteroatoms. The molecule has 2 aromatic rings. The van der Waals surface area contributed by atoms with E-state index in [1.807, 2.05) is 0 Å². The minimum Gasteiger partial charge on any atom is -0.312 e. The van der Waals surface area contributed by atoms with Crippen molar-refractivity contribution in [3.8, 4) is 0 Å². The molecule has 0 radical (unpaired) electrons. The minimum absolute atomic E-state index is 0.0569. The first-order valence-electron chi connectivity index (χ1n) is 6.42. The number of benzene rings is 1. The zero-order valence-electron chi connectivity index (χ0n) is 11.5. The number of thiophene rings is 1. The van der Waals surface area contributed by atoms with E-state index in [1.54, 1.807) is 11.4 Å². The number of rotatable bonds is 2. The van der Waals surface area contributed by atoms with Crippen molar-refractivity contribution < 1.29 is 18.0 Å². The van der Waals surface area contributed by atoms with Crippen molar-refractivity contribution in [2.75, 3.05) is 5.75 Å². The highest BCUT2D eigenvalue weighted by Gasteiger charge is 2.29. The fraction of sp³-hybridized carbons (Fsp3) is 0.143. The first kappa shape index (κ1) is 16.4. The van der Waals surface area contributed by atoms with Crippen LogP contribution in [0.1, 0.15) is 22.3 Å². The molecule has 1 aromatic heterocycles. The third-order valence-corrected chi connectivity index (χ3v) is 7.05. The van der Waals surface area contributed by atoms with Crippen LogP contribution in [0.5, 0.6) is 0 Å². The van der Waals surface area contributed by atoms with Crippen molar-refractivity contribution in [3.63, 3.8) is 0 Å². The molecule has 0 atom stereocenters. The summed E-state index contributed by atoms with van der Waals surface area (Å²) in [6, 6.07) is 6.03. The fourth-order valence-corrected chi connectivity index (χ4v) is 5.40. The molecule has 0 spiro atoms. The molecule has 5 nitrogen and oxygen atoms in total. The summed E-state index contributed by atoms with van der Waals surface area (Å²) < 4.78 is 24.1. The number of carbonyl (C=O) groups is 1. The van der Waals surface area contributed by atoms with Crippen LogP contribution in [0.3, 0.4) is 0 Å². The van der Waals surface area contributed by atoms with Gasteiger partial charge in [0.15, 0.2) is 9.84 Å². The van der Waals surface area contributed by atoms with E-state index in [0.29, 0.717) is 16.3 Å². The topological polar surface area (TPSA) is 72.8 Å². The van der Waals surface area contributed by atoms with Crippen molar-refractivity contribution in [3.05, 3.63) is 50.8 Å². The summed E-state index contributed by atoms with van der Waals surface area (Å²) in [7, 11) is -3.27. The lowest BCUT2D eigenvalue weighted by Crippen LogP contribution is -2.20. The smallest absolute Gasteiger partial charge is 0.312 e. The molecule has 0 bridgehead atoms. The largest absolute Gasteiger partial charge is 0.367 e. The molecule has 0 saturated carbocycles. The average Bonchev–Trinajstić information content (AvgIpc) is 2.97. The molecule has 23 heavy (non-hydrogen) atoms. The normalized spacial score (nSPS) is 17.7.